The summed E-state index contributed by atoms with van der Waals surface area (Å²) in [4.78, 5) is 16.9. The number of hydrogen-bond donors (Lipinski definition) is 2. The summed E-state index contributed by atoms with van der Waals surface area (Å²) in [6, 6.07) is 3.96. The monoisotopic (exact) mass is 207 g/mol. The molecule has 0 saturated carbocycles. The molecule has 82 valence electrons. The first kappa shape index (κ1) is 10.2. The third-order valence-electron chi connectivity index (χ3n) is 2.90. The highest BCUT2D eigenvalue weighted by Gasteiger charge is 2.18. The largest absolute Gasteiger partial charge is 0.357 e. The van der Waals surface area contributed by atoms with E-state index in [4.69, 9.17) is 0 Å². The topological polar surface area (TPSA) is 48.1 Å². The molecular formula is C11H17N3O. The fourth-order valence-corrected chi connectivity index (χ4v) is 1.89. The van der Waals surface area contributed by atoms with Gasteiger partial charge in [0.2, 0.25) is 0 Å². The number of rotatable bonds is 2. The predicted molar refractivity (Wildman–Crippen MR) is 58.8 cm³/mol. The van der Waals surface area contributed by atoms with Crippen LogP contribution in [-0.2, 0) is 0 Å². The van der Waals surface area contributed by atoms with Gasteiger partial charge >= 0.3 is 0 Å². The van der Waals surface area contributed by atoms with E-state index in [2.05, 4.69) is 22.2 Å². The van der Waals surface area contributed by atoms with Crippen molar-refractivity contribution in [2.45, 2.75) is 18.9 Å². The fourth-order valence-electron chi connectivity index (χ4n) is 1.89. The quantitative estimate of drug-likeness (QED) is 0.755. The van der Waals surface area contributed by atoms with Gasteiger partial charge in [0.15, 0.2) is 0 Å². The molecule has 1 fully saturated rings. The van der Waals surface area contributed by atoms with Gasteiger partial charge < -0.3 is 15.2 Å². The van der Waals surface area contributed by atoms with Gasteiger partial charge in [0, 0.05) is 12.2 Å². The van der Waals surface area contributed by atoms with Crippen molar-refractivity contribution in [3.05, 3.63) is 24.0 Å². The molecule has 15 heavy (non-hydrogen) atoms. The number of amides is 1. The summed E-state index contributed by atoms with van der Waals surface area (Å²) in [5.74, 6) is 0.00885. The lowest BCUT2D eigenvalue weighted by Gasteiger charge is -2.29. The van der Waals surface area contributed by atoms with Crippen LogP contribution in [0, 0.1) is 0 Å². The van der Waals surface area contributed by atoms with Crippen LogP contribution in [0.1, 0.15) is 23.3 Å². The van der Waals surface area contributed by atoms with E-state index in [1.54, 1.807) is 12.3 Å². The average molecular weight is 207 g/mol. The van der Waals surface area contributed by atoms with Crippen LogP contribution < -0.4 is 5.32 Å². The number of hydrogen-bond acceptors (Lipinski definition) is 2. The maximum Gasteiger partial charge on any atom is 0.267 e. The van der Waals surface area contributed by atoms with Crippen LogP contribution in [0.25, 0.3) is 0 Å². The minimum Gasteiger partial charge on any atom is -0.357 e. The molecule has 2 heterocycles. The molecule has 1 aromatic rings. The second-order valence-corrected chi connectivity index (χ2v) is 4.13. The molecule has 4 nitrogen and oxygen atoms in total. The molecule has 1 aromatic heterocycles. The summed E-state index contributed by atoms with van der Waals surface area (Å²) in [7, 11) is 2.11. The molecule has 0 radical (unpaired) electrons. The summed E-state index contributed by atoms with van der Waals surface area (Å²) in [6.45, 7) is 2.13. The van der Waals surface area contributed by atoms with E-state index in [0.29, 0.717) is 11.7 Å². The highest BCUT2D eigenvalue weighted by atomic mass is 16.1. The number of nitrogens with one attached hydrogen (secondary N) is 2. The van der Waals surface area contributed by atoms with Crippen LogP contribution in [-0.4, -0.2) is 42.0 Å². The van der Waals surface area contributed by atoms with Crippen molar-refractivity contribution in [2.24, 2.45) is 0 Å². The summed E-state index contributed by atoms with van der Waals surface area (Å²) >= 11 is 0. The molecule has 1 aliphatic rings. The minimum atomic E-state index is 0.00885. The van der Waals surface area contributed by atoms with Crippen molar-refractivity contribution in [2.75, 3.05) is 20.1 Å². The molecule has 4 heteroatoms. The van der Waals surface area contributed by atoms with E-state index in [9.17, 15) is 4.79 Å². The first-order valence-electron chi connectivity index (χ1n) is 5.38. The molecule has 2 N–H and O–H groups in total. The third kappa shape index (κ3) is 2.59. The number of piperidine rings is 1. The zero-order chi connectivity index (χ0) is 10.7. The highest BCUT2D eigenvalue weighted by molar-refractivity contribution is 5.92. The Morgan fingerprint density at radius 1 is 1.53 bits per heavy atom. The van der Waals surface area contributed by atoms with Crippen molar-refractivity contribution in [1.82, 2.24) is 15.2 Å². The van der Waals surface area contributed by atoms with Gasteiger partial charge in [-0.25, -0.2) is 0 Å². The molecule has 0 aliphatic carbocycles. The van der Waals surface area contributed by atoms with E-state index >= 15 is 0 Å². The van der Waals surface area contributed by atoms with Gasteiger partial charge in [0.25, 0.3) is 5.91 Å². The third-order valence-corrected chi connectivity index (χ3v) is 2.90. The summed E-state index contributed by atoms with van der Waals surface area (Å²) in [5.41, 5.74) is 0.647. The molecule has 0 spiro atoms. The Morgan fingerprint density at radius 3 is 2.87 bits per heavy atom. The summed E-state index contributed by atoms with van der Waals surface area (Å²) < 4.78 is 0. The minimum absolute atomic E-state index is 0.00885. The van der Waals surface area contributed by atoms with Gasteiger partial charge in [-0.1, -0.05) is 0 Å². The zero-order valence-electron chi connectivity index (χ0n) is 8.99. The van der Waals surface area contributed by atoms with Crippen LogP contribution in [0.4, 0.5) is 0 Å². The smallest absolute Gasteiger partial charge is 0.267 e. The Balaban J connectivity index is 1.85. The lowest BCUT2D eigenvalue weighted by Crippen LogP contribution is -2.43. The number of aromatic nitrogens is 1. The average Bonchev–Trinajstić information content (AvgIpc) is 2.74. The number of aromatic amines is 1. The fraction of sp³-hybridized carbons (Fsp3) is 0.545. The molecule has 0 bridgehead atoms. The molecule has 1 amide bonds. The molecule has 2 rings (SSSR count). The molecular weight excluding hydrogens is 190 g/mol. The number of likely N-dealkylation sites (tertiary alicyclic amines) is 1. The van der Waals surface area contributed by atoms with Crippen molar-refractivity contribution in [3.8, 4) is 0 Å². The zero-order valence-corrected chi connectivity index (χ0v) is 8.99. The Kier molecular flexibility index (Phi) is 3.06. The van der Waals surface area contributed by atoms with Gasteiger partial charge in [-0.3, -0.25) is 4.79 Å². The number of H-pyrrole nitrogens is 1. The molecule has 1 aliphatic heterocycles. The maximum absolute atomic E-state index is 11.7. The first-order valence-corrected chi connectivity index (χ1v) is 5.38. The SMILES string of the molecule is CN1CCC(NC(=O)c2ccc[nH]2)CC1. The van der Waals surface area contributed by atoms with Gasteiger partial charge in [0.1, 0.15) is 5.69 Å². The Bertz CT molecular complexity index is 313. The lowest BCUT2D eigenvalue weighted by molar-refractivity contribution is 0.0912. The highest BCUT2D eigenvalue weighted by Crippen LogP contribution is 2.08. The van der Waals surface area contributed by atoms with E-state index in [1.807, 2.05) is 6.07 Å². The van der Waals surface area contributed by atoms with Crippen molar-refractivity contribution < 1.29 is 4.79 Å². The van der Waals surface area contributed by atoms with Crippen LogP contribution in [0.15, 0.2) is 18.3 Å². The molecule has 1 saturated heterocycles. The van der Waals surface area contributed by atoms with Gasteiger partial charge in [-0.2, -0.15) is 0 Å². The van der Waals surface area contributed by atoms with E-state index in [-0.39, 0.29) is 5.91 Å². The van der Waals surface area contributed by atoms with E-state index in [0.717, 1.165) is 25.9 Å². The molecule has 0 unspecified atom stereocenters. The summed E-state index contributed by atoms with van der Waals surface area (Å²) in [5, 5.41) is 3.04. The lowest BCUT2D eigenvalue weighted by atomic mass is 10.1. The van der Waals surface area contributed by atoms with Gasteiger partial charge in [0.05, 0.1) is 0 Å². The first-order chi connectivity index (χ1) is 7.25. The van der Waals surface area contributed by atoms with Crippen LogP contribution in [0.5, 0.6) is 0 Å². The van der Waals surface area contributed by atoms with Crippen LogP contribution in [0.2, 0.25) is 0 Å². The number of carbonyl (C=O) groups excluding carboxylic acids is 1. The molecule has 0 atom stereocenters. The van der Waals surface area contributed by atoms with E-state index in [1.165, 1.54) is 0 Å². The predicted octanol–water partition coefficient (Wildman–Crippen LogP) is 0.839. The molecule has 0 aromatic carbocycles. The normalized spacial score (nSPS) is 19.0. The second-order valence-electron chi connectivity index (χ2n) is 4.13. The maximum atomic E-state index is 11.7. The summed E-state index contributed by atoms with van der Waals surface area (Å²) in [6.07, 6.45) is 3.86. The van der Waals surface area contributed by atoms with Gasteiger partial charge in [-0.05, 0) is 45.1 Å². The van der Waals surface area contributed by atoms with Crippen molar-refractivity contribution >= 4 is 5.91 Å². The van der Waals surface area contributed by atoms with Crippen molar-refractivity contribution in [3.63, 3.8) is 0 Å². The second kappa shape index (κ2) is 4.49. The van der Waals surface area contributed by atoms with Crippen molar-refractivity contribution in [1.29, 1.82) is 0 Å². The standard InChI is InChI=1S/C11H17N3O/c1-14-7-4-9(5-8-14)13-11(15)10-3-2-6-12-10/h2-3,6,9,12H,4-5,7-8H2,1H3,(H,13,15). The van der Waals surface area contributed by atoms with Gasteiger partial charge in [-0.15, -0.1) is 0 Å². The van der Waals surface area contributed by atoms with Crippen LogP contribution >= 0.6 is 0 Å². The number of nitrogens with zero attached hydrogens (tertiary/aromatic N) is 1. The van der Waals surface area contributed by atoms with E-state index < -0.39 is 0 Å². The Hall–Kier alpha value is -1.29. The number of carbonyl (C=O) groups is 1. The Labute approximate surface area is 89.7 Å². The Morgan fingerprint density at radius 2 is 2.27 bits per heavy atom. The van der Waals surface area contributed by atoms with Crippen LogP contribution in [0.3, 0.4) is 0 Å².